The molecular formula is C21H30N4O2S. The predicted octanol–water partition coefficient (Wildman–Crippen LogP) is 3.49. The number of nitrogens with zero attached hydrogens (tertiary/aromatic N) is 3. The lowest BCUT2D eigenvalue weighted by Crippen LogP contribution is -2.52. The zero-order valence-corrected chi connectivity index (χ0v) is 17.4. The summed E-state index contributed by atoms with van der Waals surface area (Å²) < 4.78 is 5.29. The van der Waals surface area contributed by atoms with Gasteiger partial charge in [-0.1, -0.05) is 6.42 Å². The average molecular weight is 403 g/mol. The van der Waals surface area contributed by atoms with Gasteiger partial charge in [0.1, 0.15) is 5.69 Å². The topological polar surface area (TPSA) is 61.5 Å². The van der Waals surface area contributed by atoms with Gasteiger partial charge in [0.05, 0.1) is 12.3 Å². The van der Waals surface area contributed by atoms with Crippen LogP contribution in [0.15, 0.2) is 22.9 Å². The van der Waals surface area contributed by atoms with Gasteiger partial charge in [-0.3, -0.25) is 9.89 Å². The molecule has 2 saturated heterocycles. The molecule has 0 aliphatic carbocycles. The van der Waals surface area contributed by atoms with E-state index in [1.165, 1.54) is 45.2 Å². The van der Waals surface area contributed by atoms with Crippen LogP contribution in [-0.2, 0) is 4.74 Å². The first-order chi connectivity index (χ1) is 13.8. The molecule has 7 heteroatoms. The van der Waals surface area contributed by atoms with Crippen molar-refractivity contribution in [3.8, 4) is 11.3 Å². The van der Waals surface area contributed by atoms with E-state index in [0.29, 0.717) is 30.8 Å². The molecule has 2 fully saturated rings. The van der Waals surface area contributed by atoms with Crippen molar-refractivity contribution >= 4 is 17.2 Å². The average Bonchev–Trinajstić information content (AvgIpc) is 3.42. The smallest absolute Gasteiger partial charge is 0.271 e. The lowest BCUT2D eigenvalue weighted by atomic mass is 9.83. The third-order valence-electron chi connectivity index (χ3n) is 6.16. The van der Waals surface area contributed by atoms with Gasteiger partial charge in [0.15, 0.2) is 0 Å². The van der Waals surface area contributed by atoms with E-state index in [1.807, 2.05) is 27.8 Å². The summed E-state index contributed by atoms with van der Waals surface area (Å²) in [4.78, 5) is 17.9. The van der Waals surface area contributed by atoms with Crippen molar-refractivity contribution in [2.24, 2.45) is 5.92 Å². The van der Waals surface area contributed by atoms with E-state index in [0.717, 1.165) is 17.8 Å². The number of hydrogen-bond acceptors (Lipinski definition) is 5. The fourth-order valence-electron chi connectivity index (χ4n) is 4.71. The molecule has 0 spiro atoms. The Hall–Kier alpha value is -1.70. The number of carbonyl (C=O) groups excluding carboxylic acids is 1. The second-order valence-corrected chi connectivity index (χ2v) is 8.70. The van der Waals surface area contributed by atoms with Crippen LogP contribution >= 0.6 is 11.3 Å². The van der Waals surface area contributed by atoms with Crippen LogP contribution < -0.4 is 0 Å². The third-order valence-corrected chi connectivity index (χ3v) is 6.84. The number of rotatable bonds is 7. The standard InChI is InChI=1S/C21H30N4O2S/c1-27-11-10-25(14-16-5-4-9-24-8-3-2-6-20(16)24)21(26)19-13-18(22-23-19)17-7-12-28-15-17/h7,12-13,15-16,20H,2-6,8-11,14H2,1H3,(H,22,23)/t16-,20+/m0/s1. The number of H-pyrrole nitrogens is 1. The third kappa shape index (κ3) is 4.31. The van der Waals surface area contributed by atoms with Crippen molar-refractivity contribution < 1.29 is 9.53 Å². The number of fused-ring (bicyclic) bond motifs is 1. The highest BCUT2D eigenvalue weighted by molar-refractivity contribution is 7.08. The number of nitrogens with one attached hydrogen (secondary N) is 1. The summed E-state index contributed by atoms with van der Waals surface area (Å²) in [5.74, 6) is 0.577. The Balaban J connectivity index is 1.48. The van der Waals surface area contributed by atoms with Crippen molar-refractivity contribution in [1.29, 1.82) is 0 Å². The van der Waals surface area contributed by atoms with Crippen LogP contribution in [0.3, 0.4) is 0 Å². The second kappa shape index (κ2) is 9.20. The van der Waals surface area contributed by atoms with E-state index in [2.05, 4.69) is 15.1 Å². The summed E-state index contributed by atoms with van der Waals surface area (Å²) in [5, 5.41) is 11.4. The molecule has 4 rings (SSSR count). The first-order valence-corrected chi connectivity index (χ1v) is 11.3. The Kier molecular flexibility index (Phi) is 6.44. The number of methoxy groups -OCH3 is 1. The van der Waals surface area contributed by atoms with E-state index >= 15 is 0 Å². The van der Waals surface area contributed by atoms with E-state index in [-0.39, 0.29) is 5.91 Å². The van der Waals surface area contributed by atoms with Crippen LogP contribution in [-0.4, -0.2) is 71.8 Å². The molecule has 2 aliphatic rings. The van der Waals surface area contributed by atoms with Crippen LogP contribution in [0.5, 0.6) is 0 Å². The number of carbonyl (C=O) groups is 1. The van der Waals surface area contributed by atoms with Crippen molar-refractivity contribution in [3.05, 3.63) is 28.6 Å². The number of amides is 1. The van der Waals surface area contributed by atoms with Gasteiger partial charge in [-0.2, -0.15) is 16.4 Å². The van der Waals surface area contributed by atoms with Gasteiger partial charge >= 0.3 is 0 Å². The molecule has 152 valence electrons. The van der Waals surface area contributed by atoms with E-state index in [4.69, 9.17) is 4.74 Å². The molecule has 0 aromatic carbocycles. The van der Waals surface area contributed by atoms with Gasteiger partial charge in [-0.05, 0) is 62.2 Å². The maximum atomic E-state index is 13.3. The molecule has 1 amide bonds. The Labute approximate surface area is 170 Å². The normalized spacial score (nSPS) is 22.8. The molecule has 0 unspecified atom stereocenters. The van der Waals surface area contributed by atoms with Gasteiger partial charge in [-0.25, -0.2) is 0 Å². The SMILES string of the molecule is COCCN(C[C@@H]1CCCN2CCCC[C@H]12)C(=O)c1cc(-c2ccsc2)n[nH]1. The zero-order chi connectivity index (χ0) is 19.3. The highest BCUT2D eigenvalue weighted by atomic mass is 32.1. The van der Waals surface area contributed by atoms with Crippen molar-refractivity contribution in [3.63, 3.8) is 0 Å². The maximum Gasteiger partial charge on any atom is 0.271 e. The number of hydrogen-bond donors (Lipinski definition) is 1. The fraction of sp³-hybridized carbons (Fsp3) is 0.619. The van der Waals surface area contributed by atoms with Crippen LogP contribution in [0.4, 0.5) is 0 Å². The van der Waals surface area contributed by atoms with Gasteiger partial charge in [0.2, 0.25) is 0 Å². The highest BCUT2D eigenvalue weighted by Gasteiger charge is 2.35. The Morgan fingerprint density at radius 1 is 1.36 bits per heavy atom. The molecule has 0 radical (unpaired) electrons. The summed E-state index contributed by atoms with van der Waals surface area (Å²) in [6.07, 6.45) is 6.34. The van der Waals surface area contributed by atoms with Crippen LogP contribution in [0.1, 0.15) is 42.6 Å². The maximum absolute atomic E-state index is 13.3. The van der Waals surface area contributed by atoms with Gasteiger partial charge in [0, 0.05) is 37.2 Å². The molecule has 4 heterocycles. The summed E-state index contributed by atoms with van der Waals surface area (Å²) in [6, 6.07) is 4.53. The molecule has 28 heavy (non-hydrogen) atoms. The number of thiophene rings is 1. The molecular weight excluding hydrogens is 372 g/mol. The summed E-state index contributed by atoms with van der Waals surface area (Å²) in [7, 11) is 1.69. The Morgan fingerprint density at radius 2 is 2.25 bits per heavy atom. The van der Waals surface area contributed by atoms with Crippen LogP contribution in [0.25, 0.3) is 11.3 Å². The first kappa shape index (κ1) is 19.6. The molecule has 2 aromatic heterocycles. The number of aromatic amines is 1. The monoisotopic (exact) mass is 402 g/mol. The van der Waals surface area contributed by atoms with Crippen molar-refractivity contribution in [1.82, 2.24) is 20.0 Å². The summed E-state index contributed by atoms with van der Waals surface area (Å²) in [6.45, 7) is 4.41. The van der Waals surface area contributed by atoms with E-state index in [1.54, 1.807) is 18.4 Å². The number of ether oxygens (including phenoxy) is 1. The molecule has 6 nitrogen and oxygen atoms in total. The van der Waals surface area contributed by atoms with Crippen LogP contribution in [0, 0.1) is 5.92 Å². The van der Waals surface area contributed by atoms with E-state index in [9.17, 15) is 4.79 Å². The first-order valence-electron chi connectivity index (χ1n) is 10.4. The fourth-order valence-corrected chi connectivity index (χ4v) is 5.36. The zero-order valence-electron chi connectivity index (χ0n) is 16.6. The van der Waals surface area contributed by atoms with Gasteiger partial charge < -0.3 is 14.5 Å². The number of aromatic nitrogens is 2. The molecule has 1 N–H and O–H groups in total. The predicted molar refractivity (Wildman–Crippen MR) is 112 cm³/mol. The lowest BCUT2D eigenvalue weighted by molar-refractivity contribution is 0.0313. The van der Waals surface area contributed by atoms with Gasteiger partial charge in [-0.15, -0.1) is 0 Å². The second-order valence-electron chi connectivity index (χ2n) is 7.92. The van der Waals surface area contributed by atoms with Crippen LogP contribution in [0.2, 0.25) is 0 Å². The summed E-state index contributed by atoms with van der Waals surface area (Å²) >= 11 is 1.63. The van der Waals surface area contributed by atoms with E-state index < -0.39 is 0 Å². The molecule has 2 aliphatic heterocycles. The Bertz CT molecular complexity index is 758. The minimum Gasteiger partial charge on any atom is -0.383 e. The van der Waals surface area contributed by atoms with Crippen molar-refractivity contribution in [2.75, 3.05) is 39.9 Å². The van der Waals surface area contributed by atoms with Crippen molar-refractivity contribution in [2.45, 2.75) is 38.1 Å². The Morgan fingerprint density at radius 3 is 3.07 bits per heavy atom. The highest BCUT2D eigenvalue weighted by Crippen LogP contribution is 2.31. The minimum absolute atomic E-state index is 0.0268. The number of piperidine rings is 2. The molecule has 0 saturated carbocycles. The largest absolute Gasteiger partial charge is 0.383 e. The molecule has 2 aromatic rings. The molecule has 2 atom stereocenters. The lowest BCUT2D eigenvalue weighted by Gasteiger charge is -2.45. The summed E-state index contributed by atoms with van der Waals surface area (Å²) in [5.41, 5.74) is 2.44. The van der Waals surface area contributed by atoms with Gasteiger partial charge in [0.25, 0.3) is 5.91 Å². The quantitative estimate of drug-likeness (QED) is 0.770. The molecule has 0 bridgehead atoms. The minimum atomic E-state index is 0.0268.